The minimum absolute atomic E-state index is 0.0553. The maximum absolute atomic E-state index is 14.2. The van der Waals surface area contributed by atoms with E-state index >= 15 is 0 Å². The van der Waals surface area contributed by atoms with Crippen LogP contribution in [0.5, 0.6) is 0 Å². The van der Waals surface area contributed by atoms with Gasteiger partial charge in [-0.1, -0.05) is 42.5 Å². The van der Waals surface area contributed by atoms with Gasteiger partial charge in [-0.2, -0.15) is 4.98 Å². The Balaban J connectivity index is 1.39. The maximum atomic E-state index is 14.2. The topological polar surface area (TPSA) is 104 Å². The highest BCUT2D eigenvalue weighted by atomic mass is 35.5. The van der Waals surface area contributed by atoms with Crippen LogP contribution in [0.4, 0.5) is 27.5 Å². The predicted molar refractivity (Wildman–Crippen MR) is 148 cm³/mol. The van der Waals surface area contributed by atoms with Gasteiger partial charge in [0, 0.05) is 23.8 Å². The lowest BCUT2D eigenvalue weighted by Gasteiger charge is -2.28. The number of amides is 1. The molecule has 11 heteroatoms. The first kappa shape index (κ1) is 26.8. The van der Waals surface area contributed by atoms with Gasteiger partial charge < -0.3 is 15.0 Å². The molecule has 4 rings (SSSR count). The van der Waals surface area contributed by atoms with E-state index in [9.17, 15) is 9.18 Å². The van der Waals surface area contributed by atoms with Crippen molar-refractivity contribution in [3.8, 4) is 0 Å². The quantitative estimate of drug-likeness (QED) is 0.255. The lowest BCUT2D eigenvalue weighted by Crippen LogP contribution is -2.38. The summed E-state index contributed by atoms with van der Waals surface area (Å²) in [5.74, 6) is -0.847. The van der Waals surface area contributed by atoms with Gasteiger partial charge >= 0.3 is 0 Å². The van der Waals surface area contributed by atoms with Crippen LogP contribution in [0.25, 0.3) is 5.57 Å². The van der Waals surface area contributed by atoms with Crippen LogP contribution in [0, 0.1) is 5.82 Å². The number of rotatable bonds is 9. The van der Waals surface area contributed by atoms with Crippen LogP contribution < -0.4 is 21.1 Å². The third kappa shape index (κ3) is 6.93. The van der Waals surface area contributed by atoms with E-state index in [4.69, 9.17) is 16.3 Å². The fraction of sp³-hybridized carbons (Fsp3) is 0.185. The second-order valence-electron chi connectivity index (χ2n) is 8.17. The van der Waals surface area contributed by atoms with Gasteiger partial charge in [-0.3, -0.25) is 15.6 Å². The van der Waals surface area contributed by atoms with Crippen molar-refractivity contribution in [1.29, 1.82) is 0 Å². The summed E-state index contributed by atoms with van der Waals surface area (Å²) in [7, 11) is 0. The van der Waals surface area contributed by atoms with E-state index in [1.54, 1.807) is 29.2 Å². The van der Waals surface area contributed by atoms with Crippen molar-refractivity contribution < 1.29 is 13.9 Å². The molecule has 0 radical (unpaired) electrons. The van der Waals surface area contributed by atoms with Gasteiger partial charge in [0.1, 0.15) is 5.69 Å². The zero-order chi connectivity index (χ0) is 26.9. The van der Waals surface area contributed by atoms with Crippen LogP contribution in [0.3, 0.4) is 0 Å². The van der Waals surface area contributed by atoms with Gasteiger partial charge in [-0.05, 0) is 48.4 Å². The molecule has 1 aliphatic rings. The molecule has 0 unspecified atom stereocenters. The molecule has 1 amide bonds. The molecule has 1 fully saturated rings. The fourth-order valence-corrected chi connectivity index (χ4v) is 3.96. The van der Waals surface area contributed by atoms with E-state index in [0.29, 0.717) is 37.0 Å². The number of halogens is 2. The number of ether oxygens (including phenoxy) is 1. The summed E-state index contributed by atoms with van der Waals surface area (Å²) in [6.45, 7) is 7.66. The van der Waals surface area contributed by atoms with Gasteiger partial charge in [0.15, 0.2) is 11.6 Å². The number of allylic oxidation sites excluding steroid dienone is 5. The van der Waals surface area contributed by atoms with Crippen LogP contribution in [-0.2, 0) is 4.74 Å². The Bertz CT molecular complexity index is 1360. The SMILES string of the molecule is C=C/C=C\C(=C/C)c1cc(Cl)cc(Nc2ccc(C(=O)NNc3ncc(F)c(N4CCOCC4)n3)nc2)c1. The van der Waals surface area contributed by atoms with Crippen molar-refractivity contribution in [3.05, 3.63) is 95.7 Å². The zero-order valence-electron chi connectivity index (χ0n) is 20.7. The Kier molecular flexibility index (Phi) is 9.02. The predicted octanol–water partition coefficient (Wildman–Crippen LogP) is 5.15. The Labute approximate surface area is 225 Å². The molecule has 1 saturated heterocycles. The number of aromatic nitrogens is 3. The number of morpholine rings is 1. The van der Waals surface area contributed by atoms with Crippen molar-refractivity contribution >= 4 is 46.2 Å². The Morgan fingerprint density at radius 1 is 1.16 bits per heavy atom. The fourth-order valence-electron chi connectivity index (χ4n) is 3.72. The van der Waals surface area contributed by atoms with E-state index < -0.39 is 11.7 Å². The number of benzene rings is 1. The molecule has 2 aromatic heterocycles. The molecular formula is C27H27ClFN7O2. The number of hydrogen-bond donors (Lipinski definition) is 3. The lowest BCUT2D eigenvalue weighted by atomic mass is 10.0. The Morgan fingerprint density at radius 2 is 1.97 bits per heavy atom. The maximum Gasteiger partial charge on any atom is 0.288 e. The summed E-state index contributed by atoms with van der Waals surface area (Å²) in [5.41, 5.74) is 8.63. The Hall–Kier alpha value is -4.28. The Morgan fingerprint density at radius 3 is 2.68 bits per heavy atom. The molecule has 9 nitrogen and oxygen atoms in total. The van der Waals surface area contributed by atoms with Crippen molar-refractivity contribution in [2.45, 2.75) is 6.92 Å². The minimum atomic E-state index is -0.546. The highest BCUT2D eigenvalue weighted by Gasteiger charge is 2.18. The standard InChI is InChI=1S/C27H27ClFN7O2/c1-3-5-6-18(4-2)19-13-20(28)15-22(14-19)32-21-7-8-24(30-16-21)26(37)34-35-27-31-17-23(29)25(33-27)36-9-11-38-12-10-36/h3-8,13-17,32H,1,9-12H2,2H3,(H,34,37)(H,31,33,35)/b6-5-,18-4+. The van der Waals surface area contributed by atoms with Crippen molar-refractivity contribution in [1.82, 2.24) is 20.4 Å². The summed E-state index contributed by atoms with van der Waals surface area (Å²) in [6.07, 6.45) is 10.1. The van der Waals surface area contributed by atoms with Crippen molar-refractivity contribution in [2.24, 2.45) is 0 Å². The number of hydrogen-bond acceptors (Lipinski definition) is 8. The van der Waals surface area contributed by atoms with E-state index in [1.807, 2.05) is 37.3 Å². The third-order valence-corrected chi connectivity index (χ3v) is 5.78. The van der Waals surface area contributed by atoms with Gasteiger partial charge in [0.25, 0.3) is 5.91 Å². The molecule has 1 aromatic carbocycles. The number of nitrogens with zero attached hydrogens (tertiary/aromatic N) is 4. The number of pyridine rings is 1. The molecule has 196 valence electrons. The van der Waals surface area contributed by atoms with Gasteiger partial charge in [-0.25, -0.2) is 14.4 Å². The molecular weight excluding hydrogens is 509 g/mol. The normalized spacial score (nSPS) is 13.9. The van der Waals surface area contributed by atoms with E-state index in [1.165, 1.54) is 6.20 Å². The van der Waals surface area contributed by atoms with Gasteiger partial charge in [0.05, 0.1) is 31.3 Å². The smallest absolute Gasteiger partial charge is 0.288 e. The van der Waals surface area contributed by atoms with E-state index in [-0.39, 0.29) is 17.5 Å². The number of carbonyl (C=O) groups excluding carboxylic acids is 1. The monoisotopic (exact) mass is 535 g/mol. The molecule has 38 heavy (non-hydrogen) atoms. The summed E-state index contributed by atoms with van der Waals surface area (Å²) in [6, 6.07) is 8.94. The average Bonchev–Trinajstić information content (AvgIpc) is 2.93. The molecule has 0 atom stereocenters. The molecule has 0 aliphatic carbocycles. The third-order valence-electron chi connectivity index (χ3n) is 5.56. The average molecular weight is 536 g/mol. The first-order valence-electron chi connectivity index (χ1n) is 11.9. The zero-order valence-corrected chi connectivity index (χ0v) is 21.5. The minimum Gasteiger partial charge on any atom is -0.378 e. The number of carbonyl (C=O) groups is 1. The summed E-state index contributed by atoms with van der Waals surface area (Å²) >= 11 is 6.34. The molecule has 0 saturated carbocycles. The first-order chi connectivity index (χ1) is 18.5. The van der Waals surface area contributed by atoms with E-state index in [0.717, 1.165) is 23.0 Å². The molecule has 3 N–H and O–H groups in total. The van der Waals surface area contributed by atoms with Gasteiger partial charge in [-0.15, -0.1) is 0 Å². The van der Waals surface area contributed by atoms with Crippen LogP contribution in [0.2, 0.25) is 5.02 Å². The summed E-state index contributed by atoms with van der Waals surface area (Å²) in [4.78, 5) is 26.6. The largest absolute Gasteiger partial charge is 0.378 e. The molecule has 0 bridgehead atoms. The highest BCUT2D eigenvalue weighted by Crippen LogP contribution is 2.27. The highest BCUT2D eigenvalue weighted by molar-refractivity contribution is 6.31. The van der Waals surface area contributed by atoms with Gasteiger partial charge in [0.2, 0.25) is 5.95 Å². The van der Waals surface area contributed by atoms with Crippen molar-refractivity contribution in [3.63, 3.8) is 0 Å². The van der Waals surface area contributed by atoms with Crippen LogP contribution >= 0.6 is 11.6 Å². The number of hydrazine groups is 1. The second kappa shape index (κ2) is 12.8. The van der Waals surface area contributed by atoms with Crippen LogP contribution in [0.15, 0.2) is 73.6 Å². The van der Waals surface area contributed by atoms with Crippen molar-refractivity contribution in [2.75, 3.05) is 41.9 Å². The summed E-state index contributed by atoms with van der Waals surface area (Å²) < 4.78 is 19.5. The van der Waals surface area contributed by atoms with Crippen LogP contribution in [-0.4, -0.2) is 47.2 Å². The number of nitrogens with one attached hydrogen (secondary N) is 3. The lowest BCUT2D eigenvalue weighted by molar-refractivity contribution is 0.0957. The molecule has 1 aliphatic heterocycles. The molecule has 3 aromatic rings. The molecule has 3 heterocycles. The van der Waals surface area contributed by atoms with E-state index in [2.05, 4.69) is 37.7 Å². The summed E-state index contributed by atoms with van der Waals surface area (Å²) in [5, 5.41) is 3.83. The number of anilines is 4. The van der Waals surface area contributed by atoms with Crippen LogP contribution in [0.1, 0.15) is 23.0 Å². The first-order valence-corrected chi connectivity index (χ1v) is 12.3. The molecule has 0 spiro atoms. The second-order valence-corrected chi connectivity index (χ2v) is 8.60.